The van der Waals surface area contributed by atoms with Gasteiger partial charge in [-0.3, -0.25) is 0 Å². The molecule has 0 saturated carbocycles. The molecule has 4 aromatic rings. The van der Waals surface area contributed by atoms with Crippen molar-refractivity contribution in [1.29, 1.82) is 0 Å². The van der Waals surface area contributed by atoms with E-state index in [4.69, 9.17) is 19.7 Å². The van der Waals surface area contributed by atoms with E-state index in [-0.39, 0.29) is 22.0 Å². The fourth-order valence-electron chi connectivity index (χ4n) is 6.62. The van der Waals surface area contributed by atoms with E-state index in [9.17, 15) is 9.59 Å². The molecule has 2 N–H and O–H groups in total. The molecule has 0 fully saturated rings. The van der Waals surface area contributed by atoms with Crippen LogP contribution in [0, 0.1) is 23.7 Å². The van der Waals surface area contributed by atoms with Crippen LogP contribution >= 0.6 is 23.5 Å². The van der Waals surface area contributed by atoms with Crippen LogP contribution in [-0.2, 0) is 20.3 Å². The first kappa shape index (κ1) is 39.8. The molecule has 2 aliphatic heterocycles. The standard InChI is InChI=1S/C23H24O3S.C22H22O3S/c1-3-26-16-23(2)13-4-14-27-21-15-18(9-12-20(21)23)6-5-17-7-10-19(11-8-17)22(24)25;1-22(15-25-2)12-3-13-26-20-14-17(8-11-19(20)22)5-4-16-6-9-18(10-7-16)21(23)24/h7-12,15H,3-4,13-14,16H2,1-2H3,(H,24,25);6-11,14H,3,12-13,15H2,1-2H3,(H,23,24). The Labute approximate surface area is 322 Å². The van der Waals surface area contributed by atoms with Gasteiger partial charge in [0.25, 0.3) is 0 Å². The molecule has 0 bridgehead atoms. The quantitative estimate of drug-likeness (QED) is 0.181. The Morgan fingerprint density at radius 3 is 1.43 bits per heavy atom. The van der Waals surface area contributed by atoms with E-state index in [0.717, 1.165) is 66.4 Å². The van der Waals surface area contributed by atoms with Crippen molar-refractivity contribution < 1.29 is 29.3 Å². The van der Waals surface area contributed by atoms with Crippen molar-refractivity contribution in [3.05, 3.63) is 129 Å². The Bertz CT molecular complexity index is 2030. The molecule has 0 spiro atoms. The van der Waals surface area contributed by atoms with E-state index in [1.54, 1.807) is 55.6 Å². The molecule has 2 heterocycles. The number of thioether (sulfide) groups is 2. The predicted molar refractivity (Wildman–Crippen MR) is 215 cm³/mol. The van der Waals surface area contributed by atoms with Gasteiger partial charge in [0.15, 0.2) is 0 Å². The monoisotopic (exact) mass is 746 g/mol. The summed E-state index contributed by atoms with van der Waals surface area (Å²) in [6.45, 7) is 8.82. The fraction of sp³-hybridized carbons (Fsp3) is 0.333. The minimum Gasteiger partial charge on any atom is -0.478 e. The van der Waals surface area contributed by atoms with Crippen LogP contribution in [0.15, 0.2) is 94.7 Å². The number of benzene rings is 4. The molecule has 6 rings (SSSR count). The molecule has 6 nitrogen and oxygen atoms in total. The molecular weight excluding hydrogens is 701 g/mol. The number of carbonyl (C=O) groups is 2. The first-order valence-corrected chi connectivity index (χ1v) is 19.8. The van der Waals surface area contributed by atoms with Crippen molar-refractivity contribution >= 4 is 35.5 Å². The molecule has 2 aliphatic rings. The fourth-order valence-corrected chi connectivity index (χ4v) is 9.00. The second kappa shape index (κ2) is 18.5. The maximum Gasteiger partial charge on any atom is 0.335 e. The third kappa shape index (κ3) is 10.6. The Kier molecular flexibility index (Phi) is 13.9. The van der Waals surface area contributed by atoms with Crippen molar-refractivity contribution in [3.63, 3.8) is 0 Å². The highest BCUT2D eigenvalue weighted by Gasteiger charge is 2.32. The van der Waals surface area contributed by atoms with Gasteiger partial charge >= 0.3 is 11.9 Å². The van der Waals surface area contributed by atoms with E-state index in [1.807, 2.05) is 30.4 Å². The number of carboxylic acid groups (broad SMARTS) is 2. The van der Waals surface area contributed by atoms with E-state index >= 15 is 0 Å². The lowest BCUT2D eigenvalue weighted by atomic mass is 9.79. The molecular formula is C45H46O6S2. The largest absolute Gasteiger partial charge is 0.478 e. The molecule has 0 aromatic heterocycles. The van der Waals surface area contributed by atoms with Gasteiger partial charge in [0, 0.05) is 56.6 Å². The van der Waals surface area contributed by atoms with Gasteiger partial charge in [-0.15, -0.1) is 23.5 Å². The molecule has 0 saturated heterocycles. The van der Waals surface area contributed by atoms with Crippen LogP contribution in [0.1, 0.15) is 101 Å². The highest BCUT2D eigenvalue weighted by Crippen LogP contribution is 2.42. The van der Waals surface area contributed by atoms with Crippen LogP contribution in [0.5, 0.6) is 0 Å². The predicted octanol–water partition coefficient (Wildman–Crippen LogP) is 9.54. The van der Waals surface area contributed by atoms with Crippen LogP contribution < -0.4 is 0 Å². The van der Waals surface area contributed by atoms with Crippen LogP contribution in [0.3, 0.4) is 0 Å². The van der Waals surface area contributed by atoms with Gasteiger partial charge in [0.2, 0.25) is 0 Å². The summed E-state index contributed by atoms with van der Waals surface area (Å²) in [6, 6.07) is 26.2. The summed E-state index contributed by atoms with van der Waals surface area (Å²) in [6.07, 6.45) is 4.62. The van der Waals surface area contributed by atoms with Crippen molar-refractivity contribution in [1.82, 2.24) is 0 Å². The highest BCUT2D eigenvalue weighted by atomic mass is 32.2. The molecule has 0 aliphatic carbocycles. The summed E-state index contributed by atoms with van der Waals surface area (Å²) in [5, 5.41) is 17.9. The van der Waals surface area contributed by atoms with Crippen LogP contribution in [0.25, 0.3) is 0 Å². The summed E-state index contributed by atoms with van der Waals surface area (Å²) >= 11 is 3.79. The van der Waals surface area contributed by atoms with Crippen LogP contribution in [0.2, 0.25) is 0 Å². The number of fused-ring (bicyclic) bond motifs is 2. The molecule has 0 radical (unpaired) electrons. The van der Waals surface area contributed by atoms with E-state index < -0.39 is 11.9 Å². The minimum atomic E-state index is -0.925. The lowest BCUT2D eigenvalue weighted by Gasteiger charge is -2.29. The number of hydrogen-bond donors (Lipinski definition) is 2. The Balaban J connectivity index is 0.000000204. The van der Waals surface area contributed by atoms with Gasteiger partial charge in [-0.25, -0.2) is 9.59 Å². The Morgan fingerprint density at radius 2 is 1.04 bits per heavy atom. The Morgan fingerprint density at radius 1 is 0.642 bits per heavy atom. The Hall–Kier alpha value is -4.44. The van der Waals surface area contributed by atoms with Gasteiger partial charge < -0.3 is 19.7 Å². The number of aromatic carboxylic acids is 2. The average Bonchev–Trinajstić information content (AvgIpc) is 3.43. The second-order valence-corrected chi connectivity index (χ2v) is 16.1. The number of hydrogen-bond acceptors (Lipinski definition) is 6. The molecule has 0 amide bonds. The summed E-state index contributed by atoms with van der Waals surface area (Å²) in [5.74, 6) is 13.0. The number of carboxylic acids is 2. The summed E-state index contributed by atoms with van der Waals surface area (Å²) in [7, 11) is 1.76. The SMILES string of the molecule is CCOCC1(C)CCCSc2cc(C#Cc3ccc(C(=O)O)cc3)ccc21.COCC1(C)CCCSc2cc(C#Cc3ccc(C(=O)O)cc3)ccc21. The van der Waals surface area contributed by atoms with Crippen LogP contribution in [-0.4, -0.2) is 60.6 Å². The van der Waals surface area contributed by atoms with Crippen molar-refractivity contribution in [2.45, 2.75) is 67.1 Å². The highest BCUT2D eigenvalue weighted by molar-refractivity contribution is 7.99. The maximum atomic E-state index is 10.9. The number of rotatable bonds is 7. The van der Waals surface area contributed by atoms with Crippen molar-refractivity contribution in [3.8, 4) is 23.7 Å². The van der Waals surface area contributed by atoms with Gasteiger partial charge in [-0.1, -0.05) is 49.7 Å². The molecule has 8 heteroatoms. The first-order chi connectivity index (χ1) is 25.5. The second-order valence-electron chi connectivity index (χ2n) is 13.8. The van der Waals surface area contributed by atoms with Gasteiger partial charge in [0.05, 0.1) is 24.3 Å². The molecule has 2 atom stereocenters. The van der Waals surface area contributed by atoms with Crippen molar-refractivity contribution in [2.75, 3.05) is 38.4 Å². The first-order valence-electron chi connectivity index (χ1n) is 17.9. The average molecular weight is 747 g/mol. The van der Waals surface area contributed by atoms with Crippen molar-refractivity contribution in [2.24, 2.45) is 0 Å². The maximum absolute atomic E-state index is 10.9. The van der Waals surface area contributed by atoms with Crippen LogP contribution in [0.4, 0.5) is 0 Å². The smallest absolute Gasteiger partial charge is 0.335 e. The van der Waals surface area contributed by atoms with E-state index in [0.29, 0.717) is 0 Å². The third-order valence-corrected chi connectivity index (χ3v) is 11.9. The number of ether oxygens (including phenoxy) is 2. The minimum absolute atomic E-state index is 0.0478. The zero-order chi connectivity index (χ0) is 37.8. The normalized spacial score (nSPS) is 18.9. The summed E-state index contributed by atoms with van der Waals surface area (Å²) in [4.78, 5) is 24.4. The lowest BCUT2D eigenvalue weighted by Crippen LogP contribution is -2.28. The topological polar surface area (TPSA) is 93.1 Å². The summed E-state index contributed by atoms with van der Waals surface area (Å²) in [5.41, 5.74) is 6.91. The lowest BCUT2D eigenvalue weighted by molar-refractivity contribution is 0.0686. The van der Waals surface area contributed by atoms with Gasteiger partial charge in [-0.2, -0.15) is 0 Å². The summed E-state index contributed by atoms with van der Waals surface area (Å²) < 4.78 is 11.3. The zero-order valence-electron chi connectivity index (χ0n) is 30.8. The molecule has 274 valence electrons. The molecule has 53 heavy (non-hydrogen) atoms. The van der Waals surface area contributed by atoms with Gasteiger partial charge in [0.1, 0.15) is 0 Å². The zero-order valence-corrected chi connectivity index (χ0v) is 32.4. The van der Waals surface area contributed by atoms with E-state index in [2.05, 4.69) is 73.9 Å². The molecule has 2 unspecified atom stereocenters. The van der Waals surface area contributed by atoms with E-state index in [1.165, 1.54) is 33.8 Å². The number of methoxy groups -OCH3 is 1. The molecule has 4 aromatic carbocycles. The van der Waals surface area contributed by atoms with Gasteiger partial charge in [-0.05, 0) is 128 Å². The third-order valence-electron chi connectivity index (χ3n) is 9.58.